The maximum atomic E-state index is 5.87. The predicted octanol–water partition coefficient (Wildman–Crippen LogP) is 2.05. The highest BCUT2D eigenvalue weighted by Crippen LogP contribution is 2.44. The first-order valence-electron chi connectivity index (χ1n) is 7.06. The van der Waals surface area contributed by atoms with Crippen LogP contribution in [0.15, 0.2) is 17.1 Å². The minimum atomic E-state index is 0.601. The Labute approximate surface area is 104 Å². The van der Waals surface area contributed by atoms with Gasteiger partial charge in [-0.3, -0.25) is 4.99 Å². The largest absolute Gasteiger partial charge is 0.370 e. The van der Waals surface area contributed by atoms with Crippen molar-refractivity contribution in [1.82, 2.24) is 5.32 Å². The van der Waals surface area contributed by atoms with E-state index in [1.807, 2.05) is 0 Å². The number of fused-ring (bicyclic) bond motifs is 2. The van der Waals surface area contributed by atoms with Crippen molar-refractivity contribution in [3.63, 3.8) is 0 Å². The molecule has 3 aliphatic rings. The lowest BCUT2D eigenvalue weighted by molar-refractivity contribution is 0.381. The maximum absolute atomic E-state index is 5.87. The fourth-order valence-corrected chi connectivity index (χ4v) is 3.38. The summed E-state index contributed by atoms with van der Waals surface area (Å²) in [6, 6.07) is 0.601. The smallest absolute Gasteiger partial charge is 0.188 e. The third-order valence-electron chi connectivity index (χ3n) is 4.66. The number of guanidine groups is 1. The highest BCUT2D eigenvalue weighted by Gasteiger charge is 2.34. The molecule has 0 spiro atoms. The van der Waals surface area contributed by atoms with Crippen LogP contribution in [0.5, 0.6) is 0 Å². The highest BCUT2D eigenvalue weighted by atomic mass is 15.1. The second kappa shape index (κ2) is 4.71. The minimum absolute atomic E-state index is 0.601. The van der Waals surface area contributed by atoms with E-state index in [9.17, 15) is 0 Å². The third-order valence-corrected chi connectivity index (χ3v) is 4.66. The summed E-state index contributed by atoms with van der Waals surface area (Å²) in [6.07, 6.45) is 12.6. The van der Waals surface area contributed by atoms with Crippen molar-refractivity contribution in [2.75, 3.05) is 6.54 Å². The highest BCUT2D eigenvalue weighted by molar-refractivity contribution is 5.78. The molecule has 0 saturated heterocycles. The van der Waals surface area contributed by atoms with Crippen LogP contribution < -0.4 is 11.1 Å². The van der Waals surface area contributed by atoms with Gasteiger partial charge in [-0.2, -0.15) is 0 Å². The van der Waals surface area contributed by atoms with Gasteiger partial charge in [-0.1, -0.05) is 12.2 Å². The van der Waals surface area contributed by atoms with Crippen LogP contribution in [0.3, 0.4) is 0 Å². The van der Waals surface area contributed by atoms with Crippen LogP contribution in [0, 0.1) is 17.8 Å². The van der Waals surface area contributed by atoms with Gasteiger partial charge in [-0.05, 0) is 56.3 Å². The standard InChI is InChI=1S/C14H23N3/c15-14(17-13-2-1-3-13)16-7-6-12-9-10-4-5-11(12)8-10/h4-5,10-13H,1-3,6-9H2,(H3,15,16,17)/t10-,11+,12?/m1/s1. The monoisotopic (exact) mass is 233 g/mol. The summed E-state index contributed by atoms with van der Waals surface area (Å²) in [7, 11) is 0. The van der Waals surface area contributed by atoms with E-state index in [2.05, 4.69) is 22.5 Å². The van der Waals surface area contributed by atoms with E-state index in [0.717, 1.165) is 24.3 Å². The van der Waals surface area contributed by atoms with Gasteiger partial charge in [-0.25, -0.2) is 0 Å². The van der Waals surface area contributed by atoms with Crippen LogP contribution in [0.1, 0.15) is 38.5 Å². The zero-order valence-electron chi connectivity index (χ0n) is 10.4. The Kier molecular flexibility index (Phi) is 3.08. The van der Waals surface area contributed by atoms with Crippen molar-refractivity contribution >= 4 is 5.96 Å². The molecule has 3 heteroatoms. The second-order valence-corrected chi connectivity index (χ2v) is 5.87. The molecule has 3 atom stereocenters. The molecule has 3 N–H and O–H groups in total. The molecule has 2 saturated carbocycles. The van der Waals surface area contributed by atoms with E-state index in [1.54, 1.807) is 0 Å². The van der Waals surface area contributed by atoms with E-state index in [4.69, 9.17) is 5.73 Å². The van der Waals surface area contributed by atoms with Gasteiger partial charge in [0.25, 0.3) is 0 Å². The maximum Gasteiger partial charge on any atom is 0.188 e. The normalized spacial score (nSPS) is 36.2. The number of allylic oxidation sites excluding steroid dienone is 2. The van der Waals surface area contributed by atoms with Crippen molar-refractivity contribution in [3.8, 4) is 0 Å². The number of nitrogens with zero attached hydrogens (tertiary/aromatic N) is 1. The Hall–Kier alpha value is -0.990. The lowest BCUT2D eigenvalue weighted by Crippen LogP contribution is -2.43. The molecule has 17 heavy (non-hydrogen) atoms. The number of hydrogen-bond acceptors (Lipinski definition) is 1. The summed E-state index contributed by atoms with van der Waals surface area (Å²) < 4.78 is 0. The molecular formula is C14H23N3. The second-order valence-electron chi connectivity index (χ2n) is 5.87. The summed E-state index contributed by atoms with van der Waals surface area (Å²) in [5, 5.41) is 3.29. The van der Waals surface area contributed by atoms with Gasteiger partial charge < -0.3 is 11.1 Å². The van der Waals surface area contributed by atoms with E-state index in [0.29, 0.717) is 12.0 Å². The number of rotatable bonds is 4. The molecule has 0 aromatic heterocycles. The van der Waals surface area contributed by atoms with Crippen molar-refractivity contribution < 1.29 is 0 Å². The molecule has 0 heterocycles. The first-order chi connectivity index (χ1) is 8.31. The van der Waals surface area contributed by atoms with Gasteiger partial charge in [0.05, 0.1) is 0 Å². The van der Waals surface area contributed by atoms with Gasteiger partial charge in [0, 0.05) is 12.6 Å². The lowest BCUT2D eigenvalue weighted by Gasteiger charge is -2.26. The SMILES string of the molecule is NC(=NCCC1C[C@@H]2C=C[C@H]1C2)NC1CCC1. The van der Waals surface area contributed by atoms with E-state index in [-0.39, 0.29) is 0 Å². The molecule has 94 valence electrons. The van der Waals surface area contributed by atoms with Gasteiger partial charge in [0.1, 0.15) is 0 Å². The summed E-state index contributed by atoms with van der Waals surface area (Å²) >= 11 is 0. The first kappa shape index (κ1) is 11.1. The summed E-state index contributed by atoms with van der Waals surface area (Å²) in [4.78, 5) is 4.45. The topological polar surface area (TPSA) is 50.4 Å². The van der Waals surface area contributed by atoms with Crippen LogP contribution in [0.25, 0.3) is 0 Å². The fraction of sp³-hybridized carbons (Fsp3) is 0.786. The van der Waals surface area contributed by atoms with Crippen molar-refractivity contribution in [2.24, 2.45) is 28.5 Å². The molecule has 0 radical (unpaired) electrons. The fourth-order valence-electron chi connectivity index (χ4n) is 3.38. The first-order valence-corrected chi connectivity index (χ1v) is 7.06. The molecule has 0 aliphatic heterocycles. The molecule has 1 unspecified atom stereocenters. The number of nitrogens with one attached hydrogen (secondary N) is 1. The quantitative estimate of drug-likeness (QED) is 0.443. The summed E-state index contributed by atoms with van der Waals surface area (Å²) in [5.74, 6) is 3.24. The van der Waals surface area contributed by atoms with Crippen LogP contribution >= 0.6 is 0 Å². The molecular weight excluding hydrogens is 210 g/mol. The molecule has 3 rings (SSSR count). The Morgan fingerprint density at radius 3 is 2.76 bits per heavy atom. The van der Waals surface area contributed by atoms with Gasteiger partial charge in [-0.15, -0.1) is 0 Å². The molecule has 0 amide bonds. The zero-order valence-corrected chi connectivity index (χ0v) is 10.4. The Morgan fingerprint density at radius 2 is 2.18 bits per heavy atom. The molecule has 2 fully saturated rings. The predicted molar refractivity (Wildman–Crippen MR) is 70.7 cm³/mol. The van der Waals surface area contributed by atoms with E-state index < -0.39 is 0 Å². The summed E-state index contributed by atoms with van der Waals surface area (Å²) in [6.45, 7) is 0.896. The van der Waals surface area contributed by atoms with E-state index in [1.165, 1.54) is 38.5 Å². The Morgan fingerprint density at radius 1 is 1.29 bits per heavy atom. The van der Waals surface area contributed by atoms with Crippen LogP contribution in [-0.4, -0.2) is 18.5 Å². The molecule has 0 aromatic rings. The average Bonchev–Trinajstić information content (AvgIpc) is 2.85. The minimum Gasteiger partial charge on any atom is -0.370 e. The molecule has 0 aromatic carbocycles. The van der Waals surface area contributed by atoms with Crippen molar-refractivity contribution in [1.29, 1.82) is 0 Å². The Bertz CT molecular complexity index is 330. The third kappa shape index (κ3) is 2.48. The van der Waals surface area contributed by atoms with Gasteiger partial charge >= 0.3 is 0 Å². The number of hydrogen-bond donors (Lipinski definition) is 2. The van der Waals surface area contributed by atoms with E-state index >= 15 is 0 Å². The lowest BCUT2D eigenvalue weighted by atomic mass is 9.91. The van der Waals surface area contributed by atoms with Crippen LogP contribution in [0.4, 0.5) is 0 Å². The molecule has 3 nitrogen and oxygen atoms in total. The number of aliphatic imine (C=N–C) groups is 1. The number of nitrogens with two attached hydrogens (primary N) is 1. The van der Waals surface area contributed by atoms with Crippen molar-refractivity contribution in [3.05, 3.63) is 12.2 Å². The zero-order chi connectivity index (χ0) is 11.7. The van der Waals surface area contributed by atoms with Crippen LogP contribution in [-0.2, 0) is 0 Å². The summed E-state index contributed by atoms with van der Waals surface area (Å²) in [5.41, 5.74) is 5.87. The van der Waals surface area contributed by atoms with Gasteiger partial charge in [0.15, 0.2) is 5.96 Å². The molecule has 3 aliphatic carbocycles. The molecule has 2 bridgehead atoms. The van der Waals surface area contributed by atoms with Gasteiger partial charge in [0.2, 0.25) is 0 Å². The van der Waals surface area contributed by atoms with Crippen LogP contribution in [0.2, 0.25) is 0 Å². The average molecular weight is 233 g/mol. The van der Waals surface area contributed by atoms with Crippen molar-refractivity contribution in [2.45, 2.75) is 44.6 Å². The Balaban J connectivity index is 1.39.